The van der Waals surface area contributed by atoms with Gasteiger partial charge in [0.2, 0.25) is 0 Å². The topological polar surface area (TPSA) is 85.9 Å². The molecule has 1 aromatic carbocycles. The number of aromatic nitrogens is 2. The highest BCUT2D eigenvalue weighted by molar-refractivity contribution is 7.20. The van der Waals surface area contributed by atoms with Crippen molar-refractivity contribution < 1.29 is 9.90 Å². The summed E-state index contributed by atoms with van der Waals surface area (Å²) in [6.45, 7) is 3.59. The van der Waals surface area contributed by atoms with Crippen molar-refractivity contribution in [3.63, 3.8) is 0 Å². The second-order valence-electron chi connectivity index (χ2n) is 5.22. The van der Waals surface area contributed by atoms with Gasteiger partial charge in [0.05, 0.1) is 16.2 Å². The van der Waals surface area contributed by atoms with E-state index in [0.717, 1.165) is 16.9 Å². The van der Waals surface area contributed by atoms with E-state index >= 15 is 0 Å². The third-order valence-corrected chi connectivity index (χ3v) is 4.68. The minimum absolute atomic E-state index is 0.0395. The van der Waals surface area contributed by atoms with Crippen LogP contribution in [0.1, 0.15) is 32.2 Å². The molecule has 0 unspecified atom stereocenters. The Morgan fingerprint density at radius 2 is 1.91 bits per heavy atom. The zero-order chi connectivity index (χ0) is 16.6. The van der Waals surface area contributed by atoms with E-state index < -0.39 is 5.97 Å². The standard InChI is InChI=1S/C17H14N2O3S/c1-9-3-5-11(6-4-9)7-8-12-18-15(20)13-10(2)14(17(21)22)23-16(13)19-12/h3-8H,1-2H3,(H,21,22)(H,18,19,20)/p-1/b8-7+. The Kier molecular flexibility index (Phi) is 3.83. The maximum absolute atomic E-state index is 12.2. The summed E-state index contributed by atoms with van der Waals surface area (Å²) >= 11 is 0.957. The molecule has 0 saturated heterocycles. The molecular weight excluding hydrogens is 312 g/mol. The Morgan fingerprint density at radius 3 is 2.57 bits per heavy atom. The van der Waals surface area contributed by atoms with Crippen LogP contribution in [0.5, 0.6) is 0 Å². The van der Waals surface area contributed by atoms with E-state index in [9.17, 15) is 14.7 Å². The number of H-pyrrole nitrogens is 1. The van der Waals surface area contributed by atoms with Crippen LogP contribution < -0.4 is 10.7 Å². The van der Waals surface area contributed by atoms with E-state index in [1.54, 1.807) is 13.0 Å². The maximum atomic E-state index is 12.2. The van der Waals surface area contributed by atoms with Gasteiger partial charge in [-0.2, -0.15) is 0 Å². The maximum Gasteiger partial charge on any atom is 0.260 e. The first-order valence-electron chi connectivity index (χ1n) is 6.95. The van der Waals surface area contributed by atoms with E-state index in [0.29, 0.717) is 21.6 Å². The number of benzene rings is 1. The van der Waals surface area contributed by atoms with Gasteiger partial charge in [-0.05, 0) is 31.1 Å². The predicted molar refractivity (Wildman–Crippen MR) is 89.4 cm³/mol. The molecule has 3 rings (SSSR count). The van der Waals surface area contributed by atoms with Crippen LogP contribution in [0.25, 0.3) is 22.4 Å². The number of carbonyl (C=O) groups is 1. The van der Waals surface area contributed by atoms with Gasteiger partial charge in [-0.25, -0.2) is 4.98 Å². The molecule has 0 radical (unpaired) electrons. The SMILES string of the molecule is Cc1ccc(/C=C/c2nc3sc(C(=O)[O-])c(C)c3c(=O)[nH]2)cc1. The first-order valence-corrected chi connectivity index (χ1v) is 7.77. The Balaban J connectivity index is 2.04. The summed E-state index contributed by atoms with van der Waals surface area (Å²) in [7, 11) is 0. The third-order valence-electron chi connectivity index (χ3n) is 3.52. The van der Waals surface area contributed by atoms with Crippen LogP contribution in [0, 0.1) is 13.8 Å². The highest BCUT2D eigenvalue weighted by Crippen LogP contribution is 2.26. The highest BCUT2D eigenvalue weighted by Gasteiger charge is 2.14. The van der Waals surface area contributed by atoms with Crippen LogP contribution in [0.15, 0.2) is 29.1 Å². The number of aryl methyl sites for hydroxylation is 2. The Bertz CT molecular complexity index is 981. The number of rotatable bonds is 3. The smallest absolute Gasteiger partial charge is 0.260 e. The zero-order valence-electron chi connectivity index (χ0n) is 12.5. The number of hydrogen-bond acceptors (Lipinski definition) is 5. The quantitative estimate of drug-likeness (QED) is 0.799. The molecule has 5 nitrogen and oxygen atoms in total. The minimum atomic E-state index is -1.29. The molecule has 0 aliphatic heterocycles. The normalized spacial score (nSPS) is 11.4. The Labute approximate surface area is 136 Å². The molecule has 2 heterocycles. The van der Waals surface area contributed by atoms with Crippen LogP contribution in [0.4, 0.5) is 0 Å². The van der Waals surface area contributed by atoms with E-state index in [2.05, 4.69) is 9.97 Å². The molecule has 0 aliphatic carbocycles. The van der Waals surface area contributed by atoms with Gasteiger partial charge < -0.3 is 14.9 Å². The second-order valence-corrected chi connectivity index (χ2v) is 6.22. The second kappa shape index (κ2) is 5.81. The monoisotopic (exact) mass is 325 g/mol. The van der Waals surface area contributed by atoms with Gasteiger partial charge >= 0.3 is 0 Å². The lowest BCUT2D eigenvalue weighted by Crippen LogP contribution is -2.21. The van der Waals surface area contributed by atoms with Crippen molar-refractivity contribution in [2.24, 2.45) is 0 Å². The van der Waals surface area contributed by atoms with Gasteiger partial charge in [-0.15, -0.1) is 11.3 Å². The number of carboxylic acids is 1. The lowest BCUT2D eigenvalue weighted by molar-refractivity contribution is -0.254. The van der Waals surface area contributed by atoms with Crippen LogP contribution in [0.2, 0.25) is 0 Å². The lowest BCUT2D eigenvalue weighted by Gasteiger charge is -1.98. The molecule has 6 heteroatoms. The number of aromatic amines is 1. The summed E-state index contributed by atoms with van der Waals surface area (Å²) in [6, 6.07) is 7.92. The molecule has 0 atom stereocenters. The van der Waals surface area contributed by atoms with E-state index in [4.69, 9.17) is 0 Å². The van der Waals surface area contributed by atoms with Crippen LogP contribution in [-0.2, 0) is 0 Å². The molecular formula is C17H13N2O3S-. The van der Waals surface area contributed by atoms with Crippen LogP contribution in [-0.4, -0.2) is 15.9 Å². The molecule has 0 bridgehead atoms. The fourth-order valence-corrected chi connectivity index (χ4v) is 3.31. The number of aromatic carboxylic acids is 1. The summed E-state index contributed by atoms with van der Waals surface area (Å²) in [5.74, 6) is -0.907. The number of fused-ring (bicyclic) bond motifs is 1. The zero-order valence-corrected chi connectivity index (χ0v) is 13.4. The van der Waals surface area contributed by atoms with Crippen molar-refractivity contribution in [2.75, 3.05) is 0 Å². The Morgan fingerprint density at radius 1 is 1.22 bits per heavy atom. The molecule has 0 aliphatic rings. The van der Waals surface area contributed by atoms with Gasteiger partial charge in [-0.1, -0.05) is 35.9 Å². The predicted octanol–water partition coefficient (Wildman–Crippen LogP) is 2.14. The summed E-state index contributed by atoms with van der Waals surface area (Å²) in [4.78, 5) is 30.7. The summed E-state index contributed by atoms with van der Waals surface area (Å²) in [6.07, 6.45) is 3.53. The van der Waals surface area contributed by atoms with Gasteiger partial charge in [0.15, 0.2) is 0 Å². The number of nitrogens with zero attached hydrogens (tertiary/aromatic N) is 1. The molecule has 0 amide bonds. The molecule has 1 N–H and O–H groups in total. The van der Waals surface area contributed by atoms with Crippen molar-refractivity contribution in [3.05, 3.63) is 62.0 Å². The van der Waals surface area contributed by atoms with Crippen LogP contribution in [0.3, 0.4) is 0 Å². The highest BCUT2D eigenvalue weighted by atomic mass is 32.1. The molecule has 0 fully saturated rings. The Hall–Kier alpha value is -2.73. The van der Waals surface area contributed by atoms with Gasteiger partial charge in [-0.3, -0.25) is 4.79 Å². The van der Waals surface area contributed by atoms with Crippen molar-refractivity contribution in [3.8, 4) is 0 Å². The van der Waals surface area contributed by atoms with Crippen molar-refractivity contribution >= 4 is 39.7 Å². The van der Waals surface area contributed by atoms with Crippen molar-refractivity contribution in [1.82, 2.24) is 9.97 Å². The summed E-state index contributed by atoms with van der Waals surface area (Å²) in [5.41, 5.74) is 2.20. The lowest BCUT2D eigenvalue weighted by atomic mass is 10.1. The van der Waals surface area contributed by atoms with E-state index in [-0.39, 0.29) is 10.4 Å². The van der Waals surface area contributed by atoms with Gasteiger partial charge in [0.1, 0.15) is 10.7 Å². The van der Waals surface area contributed by atoms with E-state index in [1.165, 1.54) is 5.56 Å². The third kappa shape index (κ3) is 2.93. The molecule has 0 spiro atoms. The molecule has 116 valence electrons. The van der Waals surface area contributed by atoms with E-state index in [1.807, 2.05) is 37.3 Å². The first-order chi connectivity index (χ1) is 11.0. The average Bonchev–Trinajstić information content (AvgIpc) is 2.84. The molecule has 2 aromatic heterocycles. The number of thiophene rings is 1. The number of hydrogen-bond donors (Lipinski definition) is 1. The van der Waals surface area contributed by atoms with Gasteiger partial charge in [0, 0.05) is 0 Å². The minimum Gasteiger partial charge on any atom is -0.544 e. The molecule has 3 aromatic rings. The number of carboxylic acid groups (broad SMARTS) is 1. The van der Waals surface area contributed by atoms with Crippen molar-refractivity contribution in [2.45, 2.75) is 13.8 Å². The number of nitrogens with one attached hydrogen (secondary N) is 1. The van der Waals surface area contributed by atoms with Gasteiger partial charge in [0.25, 0.3) is 5.56 Å². The van der Waals surface area contributed by atoms with Crippen molar-refractivity contribution in [1.29, 1.82) is 0 Å². The fourth-order valence-electron chi connectivity index (χ4n) is 2.29. The summed E-state index contributed by atoms with van der Waals surface area (Å²) in [5, 5.41) is 11.4. The molecule has 0 saturated carbocycles. The molecule has 23 heavy (non-hydrogen) atoms. The largest absolute Gasteiger partial charge is 0.544 e. The summed E-state index contributed by atoms with van der Waals surface area (Å²) < 4.78 is 0. The average molecular weight is 325 g/mol. The van der Waals surface area contributed by atoms with Crippen LogP contribution >= 0.6 is 11.3 Å². The first kappa shape index (κ1) is 15.2. The number of carbonyl (C=O) groups excluding carboxylic acids is 1. The fraction of sp³-hybridized carbons (Fsp3) is 0.118.